The molecule has 1 fully saturated rings. The summed E-state index contributed by atoms with van der Waals surface area (Å²) in [4.78, 5) is 28.0. The number of aromatic nitrogens is 1. The quantitative estimate of drug-likeness (QED) is 0.810. The van der Waals surface area contributed by atoms with Crippen molar-refractivity contribution < 1.29 is 23.8 Å². The number of aliphatic carboxylic acids is 1. The Bertz CT molecular complexity index is 835. The zero-order chi connectivity index (χ0) is 19.4. The second kappa shape index (κ2) is 7.73. The van der Waals surface area contributed by atoms with Crippen molar-refractivity contribution in [2.24, 2.45) is 0 Å². The van der Waals surface area contributed by atoms with Crippen molar-refractivity contribution in [3.63, 3.8) is 0 Å². The summed E-state index contributed by atoms with van der Waals surface area (Å²) in [5.74, 6) is -2.29. The van der Waals surface area contributed by atoms with E-state index in [-0.39, 0.29) is 11.7 Å². The fourth-order valence-corrected chi connectivity index (χ4v) is 3.44. The summed E-state index contributed by atoms with van der Waals surface area (Å²) < 4.78 is 19.3. The van der Waals surface area contributed by atoms with Gasteiger partial charge in [-0.2, -0.15) is 0 Å². The highest BCUT2D eigenvalue weighted by Crippen LogP contribution is 2.41. The third kappa shape index (κ3) is 3.92. The molecule has 2 aromatic rings. The first-order valence-electron chi connectivity index (χ1n) is 8.83. The third-order valence-corrected chi connectivity index (χ3v) is 4.95. The zero-order valence-corrected chi connectivity index (χ0v) is 14.9. The summed E-state index contributed by atoms with van der Waals surface area (Å²) in [6.45, 7) is 1.31. The van der Waals surface area contributed by atoms with Gasteiger partial charge in [-0.3, -0.25) is 9.78 Å². The average Bonchev–Trinajstić information content (AvgIpc) is 3.15. The molecular weight excluding hydrogens is 351 g/mol. The molecule has 0 unspecified atom stereocenters. The summed E-state index contributed by atoms with van der Waals surface area (Å²) in [7, 11) is 0. The van der Waals surface area contributed by atoms with Crippen molar-refractivity contribution in [2.75, 3.05) is 5.32 Å². The van der Waals surface area contributed by atoms with E-state index in [0.717, 1.165) is 24.5 Å². The SMILES string of the molecule is C[C@H](Oc1ccc(NC(=O)C2(c3cccnc3)CCCC2)cc1F)C(=O)O. The van der Waals surface area contributed by atoms with Crippen LogP contribution >= 0.6 is 0 Å². The number of nitrogens with one attached hydrogen (secondary N) is 1. The number of anilines is 1. The Hall–Kier alpha value is -2.96. The number of pyridine rings is 1. The Labute approximate surface area is 156 Å². The van der Waals surface area contributed by atoms with Crippen molar-refractivity contribution in [1.29, 1.82) is 0 Å². The number of hydrogen-bond acceptors (Lipinski definition) is 4. The Morgan fingerprint density at radius 2 is 2.04 bits per heavy atom. The standard InChI is InChI=1S/C20H21FN2O4/c1-13(18(24)25)27-17-7-6-15(11-16(17)21)23-19(26)20(8-2-3-9-20)14-5-4-10-22-12-14/h4-7,10-13H,2-3,8-9H2,1H3,(H,23,26)(H,24,25)/t13-/m0/s1. The monoisotopic (exact) mass is 372 g/mol. The molecule has 1 saturated carbocycles. The average molecular weight is 372 g/mol. The predicted octanol–water partition coefficient (Wildman–Crippen LogP) is 3.52. The molecule has 0 bridgehead atoms. The molecule has 1 aromatic carbocycles. The molecule has 2 N–H and O–H groups in total. The van der Waals surface area contributed by atoms with Crippen LogP contribution in [0.15, 0.2) is 42.7 Å². The van der Waals surface area contributed by atoms with E-state index in [9.17, 15) is 14.0 Å². The molecule has 0 radical (unpaired) electrons. The second-order valence-corrected chi connectivity index (χ2v) is 6.73. The Morgan fingerprint density at radius 3 is 2.63 bits per heavy atom. The van der Waals surface area contributed by atoms with Crippen LogP contribution < -0.4 is 10.1 Å². The number of carboxylic acid groups (broad SMARTS) is 1. The fourth-order valence-electron chi connectivity index (χ4n) is 3.44. The molecule has 1 aliphatic carbocycles. The van der Waals surface area contributed by atoms with Gasteiger partial charge in [0.1, 0.15) is 0 Å². The van der Waals surface area contributed by atoms with Crippen LogP contribution in [0, 0.1) is 5.82 Å². The molecule has 0 aliphatic heterocycles. The highest BCUT2D eigenvalue weighted by Gasteiger charge is 2.42. The van der Waals surface area contributed by atoms with Crippen molar-refractivity contribution >= 4 is 17.6 Å². The highest BCUT2D eigenvalue weighted by atomic mass is 19.1. The molecule has 3 rings (SSSR count). The minimum atomic E-state index is -1.19. The lowest BCUT2D eigenvalue weighted by Crippen LogP contribution is -2.38. The molecule has 1 heterocycles. The van der Waals surface area contributed by atoms with Crippen LogP contribution in [0.2, 0.25) is 0 Å². The number of benzene rings is 1. The van der Waals surface area contributed by atoms with Gasteiger partial charge in [0, 0.05) is 24.1 Å². The molecule has 142 valence electrons. The van der Waals surface area contributed by atoms with E-state index in [2.05, 4.69) is 10.3 Å². The van der Waals surface area contributed by atoms with Gasteiger partial charge in [0.2, 0.25) is 5.91 Å². The summed E-state index contributed by atoms with van der Waals surface area (Å²) in [5.41, 5.74) is 0.483. The van der Waals surface area contributed by atoms with Gasteiger partial charge in [0.25, 0.3) is 0 Å². The van der Waals surface area contributed by atoms with Gasteiger partial charge in [-0.25, -0.2) is 9.18 Å². The number of carbonyl (C=O) groups excluding carboxylic acids is 1. The first kappa shape index (κ1) is 18.8. The first-order valence-corrected chi connectivity index (χ1v) is 8.83. The van der Waals surface area contributed by atoms with E-state index < -0.39 is 23.3 Å². The first-order chi connectivity index (χ1) is 12.9. The number of nitrogens with zero attached hydrogens (tertiary/aromatic N) is 1. The number of halogens is 1. The maximum absolute atomic E-state index is 14.2. The maximum atomic E-state index is 14.2. The van der Waals surface area contributed by atoms with Crippen molar-refractivity contribution in [2.45, 2.75) is 44.1 Å². The lowest BCUT2D eigenvalue weighted by Gasteiger charge is -2.28. The summed E-state index contributed by atoms with van der Waals surface area (Å²) in [5, 5.41) is 11.6. The third-order valence-electron chi connectivity index (χ3n) is 4.95. The number of carbonyl (C=O) groups is 2. The molecule has 0 spiro atoms. The normalized spacial score (nSPS) is 16.5. The largest absolute Gasteiger partial charge is 0.479 e. The fraction of sp³-hybridized carbons (Fsp3) is 0.350. The number of ether oxygens (including phenoxy) is 1. The number of amides is 1. The molecule has 1 atom stereocenters. The molecule has 1 aromatic heterocycles. The van der Waals surface area contributed by atoms with E-state index in [1.807, 2.05) is 6.07 Å². The van der Waals surface area contributed by atoms with E-state index in [1.165, 1.54) is 19.1 Å². The van der Waals surface area contributed by atoms with Crippen LogP contribution in [-0.4, -0.2) is 28.1 Å². The summed E-state index contributed by atoms with van der Waals surface area (Å²) >= 11 is 0. The predicted molar refractivity (Wildman–Crippen MR) is 97.1 cm³/mol. The van der Waals surface area contributed by atoms with Crippen LogP contribution in [0.5, 0.6) is 5.75 Å². The zero-order valence-electron chi connectivity index (χ0n) is 14.9. The molecule has 7 heteroatoms. The van der Waals surface area contributed by atoms with Gasteiger partial charge in [0.15, 0.2) is 17.7 Å². The van der Waals surface area contributed by atoms with Crippen LogP contribution in [0.25, 0.3) is 0 Å². The van der Waals surface area contributed by atoms with E-state index in [4.69, 9.17) is 9.84 Å². The van der Waals surface area contributed by atoms with Gasteiger partial charge >= 0.3 is 5.97 Å². The van der Waals surface area contributed by atoms with Gasteiger partial charge in [-0.05, 0) is 43.5 Å². The van der Waals surface area contributed by atoms with Crippen LogP contribution in [0.4, 0.5) is 10.1 Å². The minimum Gasteiger partial charge on any atom is -0.479 e. The molecule has 1 aliphatic rings. The highest BCUT2D eigenvalue weighted by molar-refractivity contribution is 5.99. The van der Waals surface area contributed by atoms with E-state index in [0.29, 0.717) is 18.5 Å². The van der Waals surface area contributed by atoms with Crippen molar-refractivity contribution in [1.82, 2.24) is 4.98 Å². The van der Waals surface area contributed by atoms with Gasteiger partial charge < -0.3 is 15.2 Å². The molecule has 6 nitrogen and oxygen atoms in total. The minimum absolute atomic E-state index is 0.175. The molecule has 0 saturated heterocycles. The number of hydrogen-bond donors (Lipinski definition) is 2. The Kier molecular flexibility index (Phi) is 5.39. The van der Waals surface area contributed by atoms with E-state index >= 15 is 0 Å². The van der Waals surface area contributed by atoms with Crippen LogP contribution in [0.3, 0.4) is 0 Å². The van der Waals surface area contributed by atoms with Crippen molar-refractivity contribution in [3.8, 4) is 5.75 Å². The van der Waals surface area contributed by atoms with E-state index in [1.54, 1.807) is 18.5 Å². The van der Waals surface area contributed by atoms with Crippen molar-refractivity contribution in [3.05, 3.63) is 54.1 Å². The lowest BCUT2D eigenvalue weighted by atomic mass is 9.78. The summed E-state index contributed by atoms with van der Waals surface area (Å²) in [6.07, 6.45) is 5.50. The number of carboxylic acids is 1. The lowest BCUT2D eigenvalue weighted by molar-refractivity contribution is -0.144. The summed E-state index contributed by atoms with van der Waals surface area (Å²) in [6, 6.07) is 7.64. The molecular formula is C20H21FN2O4. The van der Waals surface area contributed by atoms with Crippen LogP contribution in [-0.2, 0) is 15.0 Å². The smallest absolute Gasteiger partial charge is 0.344 e. The van der Waals surface area contributed by atoms with Crippen LogP contribution in [0.1, 0.15) is 38.2 Å². The molecule has 27 heavy (non-hydrogen) atoms. The topological polar surface area (TPSA) is 88.5 Å². The maximum Gasteiger partial charge on any atom is 0.344 e. The second-order valence-electron chi connectivity index (χ2n) is 6.73. The Balaban J connectivity index is 1.79. The number of rotatable bonds is 6. The van der Waals surface area contributed by atoms with Gasteiger partial charge in [-0.1, -0.05) is 18.9 Å². The molecule has 1 amide bonds. The Morgan fingerprint density at radius 1 is 1.30 bits per heavy atom. The van der Waals surface area contributed by atoms with Gasteiger partial charge in [0.05, 0.1) is 5.41 Å². The van der Waals surface area contributed by atoms with Gasteiger partial charge in [-0.15, -0.1) is 0 Å².